The van der Waals surface area contributed by atoms with E-state index in [0.29, 0.717) is 22.9 Å². The molecular weight excluding hydrogens is 486 g/mol. The summed E-state index contributed by atoms with van der Waals surface area (Å²) in [5, 5.41) is 4.34. The smallest absolute Gasteiger partial charge is 0.264 e. The van der Waals surface area contributed by atoms with E-state index in [-0.39, 0.29) is 4.90 Å². The topological polar surface area (TPSA) is 88.1 Å². The SMILES string of the molecule is CCCCOc1ccc(/C=N\NC(=O)CN(c2cc(Cl)ccc2C)S(=O)(=O)c2ccccc2)cc1. The molecule has 0 unspecified atom stereocenters. The van der Waals surface area contributed by atoms with Crippen LogP contribution in [-0.2, 0) is 14.8 Å². The number of nitrogens with zero attached hydrogens (tertiary/aromatic N) is 2. The first-order chi connectivity index (χ1) is 16.8. The number of nitrogens with one attached hydrogen (secondary N) is 1. The van der Waals surface area contributed by atoms with Crippen LogP contribution >= 0.6 is 11.6 Å². The van der Waals surface area contributed by atoms with E-state index in [2.05, 4.69) is 17.5 Å². The maximum absolute atomic E-state index is 13.4. The van der Waals surface area contributed by atoms with Crippen LogP contribution in [0.3, 0.4) is 0 Å². The fourth-order valence-corrected chi connectivity index (χ4v) is 4.86. The van der Waals surface area contributed by atoms with E-state index in [4.69, 9.17) is 16.3 Å². The maximum Gasteiger partial charge on any atom is 0.264 e. The summed E-state index contributed by atoms with van der Waals surface area (Å²) in [7, 11) is -4.03. The average molecular weight is 514 g/mol. The Balaban J connectivity index is 1.74. The highest BCUT2D eigenvalue weighted by atomic mass is 35.5. The van der Waals surface area contributed by atoms with Gasteiger partial charge in [0.1, 0.15) is 12.3 Å². The summed E-state index contributed by atoms with van der Waals surface area (Å²) in [5.74, 6) is 0.165. The van der Waals surface area contributed by atoms with Gasteiger partial charge in [-0.15, -0.1) is 0 Å². The number of sulfonamides is 1. The molecule has 3 aromatic carbocycles. The second kappa shape index (κ2) is 12.4. The number of unbranched alkanes of at least 4 members (excludes halogenated alkanes) is 1. The van der Waals surface area contributed by atoms with Gasteiger partial charge in [0, 0.05) is 5.02 Å². The second-order valence-electron chi connectivity index (χ2n) is 7.82. The van der Waals surface area contributed by atoms with Gasteiger partial charge in [-0.3, -0.25) is 9.10 Å². The van der Waals surface area contributed by atoms with Crippen molar-refractivity contribution in [2.24, 2.45) is 5.10 Å². The van der Waals surface area contributed by atoms with E-state index >= 15 is 0 Å². The van der Waals surface area contributed by atoms with Crippen LogP contribution in [0.25, 0.3) is 0 Å². The summed E-state index contributed by atoms with van der Waals surface area (Å²) in [4.78, 5) is 12.8. The van der Waals surface area contributed by atoms with Crippen molar-refractivity contribution in [1.82, 2.24) is 5.43 Å². The number of halogens is 1. The molecule has 0 fully saturated rings. The molecule has 0 atom stereocenters. The zero-order chi connectivity index (χ0) is 25.3. The largest absolute Gasteiger partial charge is 0.494 e. The molecule has 0 bridgehead atoms. The van der Waals surface area contributed by atoms with Gasteiger partial charge in [0.05, 0.1) is 23.4 Å². The van der Waals surface area contributed by atoms with Gasteiger partial charge in [0.2, 0.25) is 0 Å². The molecule has 0 saturated carbocycles. The zero-order valence-corrected chi connectivity index (χ0v) is 21.2. The summed E-state index contributed by atoms with van der Waals surface area (Å²) < 4.78 is 33.5. The van der Waals surface area contributed by atoms with Crippen molar-refractivity contribution in [3.05, 3.63) is 88.9 Å². The molecule has 0 aliphatic heterocycles. The predicted octanol–water partition coefficient (Wildman–Crippen LogP) is 5.17. The molecule has 0 aromatic heterocycles. The van der Waals surface area contributed by atoms with Gasteiger partial charge in [-0.1, -0.05) is 49.2 Å². The lowest BCUT2D eigenvalue weighted by molar-refractivity contribution is -0.119. The standard InChI is InChI=1S/C26H28ClN3O4S/c1-3-4-16-34-23-14-11-21(12-15-23)18-28-29-26(31)19-30(25-17-22(27)13-10-20(25)2)35(32,33)24-8-6-5-7-9-24/h5-15,17-18H,3-4,16,19H2,1-2H3,(H,29,31)/b28-18-. The van der Waals surface area contributed by atoms with Gasteiger partial charge < -0.3 is 4.74 Å². The van der Waals surface area contributed by atoms with Gasteiger partial charge in [0.15, 0.2) is 0 Å². The molecule has 35 heavy (non-hydrogen) atoms. The number of aryl methyl sites for hydroxylation is 1. The van der Waals surface area contributed by atoms with E-state index in [9.17, 15) is 13.2 Å². The van der Waals surface area contributed by atoms with Gasteiger partial charge >= 0.3 is 0 Å². The Bertz CT molecular complexity index is 1260. The highest BCUT2D eigenvalue weighted by molar-refractivity contribution is 7.92. The van der Waals surface area contributed by atoms with Crippen LogP contribution in [0.2, 0.25) is 5.02 Å². The van der Waals surface area contributed by atoms with E-state index in [0.717, 1.165) is 28.5 Å². The molecule has 0 aliphatic carbocycles. The van der Waals surface area contributed by atoms with Crippen molar-refractivity contribution in [3.63, 3.8) is 0 Å². The fourth-order valence-electron chi connectivity index (χ4n) is 3.20. The van der Waals surface area contributed by atoms with Gasteiger partial charge in [0.25, 0.3) is 15.9 Å². The summed E-state index contributed by atoms with van der Waals surface area (Å²) in [6, 6.07) is 20.1. The Kier molecular flexibility index (Phi) is 9.28. The lowest BCUT2D eigenvalue weighted by atomic mass is 10.2. The number of hydrazone groups is 1. The molecule has 0 aliphatic rings. The molecular formula is C26H28ClN3O4S. The lowest BCUT2D eigenvalue weighted by Crippen LogP contribution is -2.40. The fraction of sp³-hybridized carbons (Fsp3) is 0.231. The maximum atomic E-state index is 13.4. The Morgan fingerprint density at radius 3 is 2.49 bits per heavy atom. The number of carbonyl (C=O) groups excluding carboxylic acids is 1. The number of anilines is 1. The molecule has 1 amide bonds. The minimum Gasteiger partial charge on any atom is -0.494 e. The highest BCUT2D eigenvalue weighted by Crippen LogP contribution is 2.29. The van der Waals surface area contributed by atoms with Crippen LogP contribution in [0.15, 0.2) is 82.8 Å². The molecule has 7 nitrogen and oxygen atoms in total. The van der Waals surface area contributed by atoms with E-state index in [1.165, 1.54) is 24.4 Å². The van der Waals surface area contributed by atoms with Crippen molar-refractivity contribution < 1.29 is 17.9 Å². The van der Waals surface area contributed by atoms with Crippen LogP contribution in [0.4, 0.5) is 5.69 Å². The number of ether oxygens (including phenoxy) is 1. The van der Waals surface area contributed by atoms with E-state index in [1.54, 1.807) is 37.3 Å². The highest BCUT2D eigenvalue weighted by Gasteiger charge is 2.28. The Morgan fingerprint density at radius 2 is 1.80 bits per heavy atom. The number of hydrogen-bond acceptors (Lipinski definition) is 5. The number of rotatable bonds is 11. The van der Waals surface area contributed by atoms with Crippen molar-refractivity contribution in [2.45, 2.75) is 31.6 Å². The van der Waals surface area contributed by atoms with Crippen molar-refractivity contribution in [1.29, 1.82) is 0 Å². The number of amides is 1. The quantitative estimate of drug-likeness (QED) is 0.217. The molecule has 1 N–H and O–H groups in total. The normalized spacial score (nSPS) is 11.4. The Labute approximate surface area is 211 Å². The minimum absolute atomic E-state index is 0.0666. The van der Waals surface area contributed by atoms with Crippen LogP contribution < -0.4 is 14.5 Å². The number of carbonyl (C=O) groups is 1. The minimum atomic E-state index is -4.03. The monoisotopic (exact) mass is 513 g/mol. The molecule has 0 heterocycles. The van der Waals surface area contributed by atoms with Crippen molar-refractivity contribution in [2.75, 3.05) is 17.5 Å². The van der Waals surface area contributed by atoms with Gasteiger partial charge in [-0.25, -0.2) is 13.8 Å². The Hall–Kier alpha value is -3.36. The van der Waals surface area contributed by atoms with Gasteiger partial charge in [-0.05, 0) is 73.0 Å². The zero-order valence-electron chi connectivity index (χ0n) is 19.6. The van der Waals surface area contributed by atoms with Gasteiger partial charge in [-0.2, -0.15) is 5.10 Å². The third-order valence-corrected chi connectivity index (χ3v) is 7.12. The predicted molar refractivity (Wildman–Crippen MR) is 140 cm³/mol. The van der Waals surface area contributed by atoms with Crippen LogP contribution in [0.5, 0.6) is 5.75 Å². The molecule has 0 radical (unpaired) electrons. The first-order valence-electron chi connectivity index (χ1n) is 11.2. The second-order valence-corrected chi connectivity index (χ2v) is 10.1. The lowest BCUT2D eigenvalue weighted by Gasteiger charge is -2.25. The summed E-state index contributed by atoms with van der Waals surface area (Å²) in [6.07, 6.45) is 3.53. The molecule has 184 valence electrons. The molecule has 9 heteroatoms. The summed E-state index contributed by atoms with van der Waals surface area (Å²) in [6.45, 7) is 4.04. The third kappa shape index (κ3) is 7.31. The third-order valence-electron chi connectivity index (χ3n) is 5.11. The summed E-state index contributed by atoms with van der Waals surface area (Å²) in [5.41, 5.74) is 4.14. The number of hydrogen-bond donors (Lipinski definition) is 1. The van der Waals surface area contributed by atoms with Crippen molar-refractivity contribution >= 4 is 39.4 Å². The molecule has 0 spiro atoms. The first-order valence-corrected chi connectivity index (χ1v) is 13.0. The molecule has 3 aromatic rings. The van der Waals surface area contributed by atoms with Crippen LogP contribution in [0.1, 0.15) is 30.9 Å². The Morgan fingerprint density at radius 1 is 1.09 bits per heavy atom. The van der Waals surface area contributed by atoms with Crippen LogP contribution in [0, 0.1) is 6.92 Å². The van der Waals surface area contributed by atoms with Crippen LogP contribution in [-0.4, -0.2) is 33.7 Å². The number of benzene rings is 3. The first kappa shape index (κ1) is 26.2. The average Bonchev–Trinajstić information content (AvgIpc) is 2.86. The molecule has 0 saturated heterocycles. The molecule has 3 rings (SSSR count). The van der Waals surface area contributed by atoms with Crippen molar-refractivity contribution in [3.8, 4) is 5.75 Å². The summed E-state index contributed by atoms with van der Waals surface area (Å²) >= 11 is 6.14. The van der Waals surface area contributed by atoms with E-state index in [1.807, 2.05) is 24.3 Å². The van der Waals surface area contributed by atoms with E-state index < -0.39 is 22.5 Å².